The highest BCUT2D eigenvalue weighted by molar-refractivity contribution is 6.31. The van der Waals surface area contributed by atoms with E-state index in [4.69, 9.17) is 32.7 Å². The number of hydrogen-bond donors (Lipinski definition) is 4. The highest BCUT2D eigenvalue weighted by atomic mass is 35.5. The van der Waals surface area contributed by atoms with Crippen LogP contribution in [0.1, 0.15) is 123 Å². The first-order chi connectivity index (χ1) is 35.1. The first-order valence-electron chi connectivity index (χ1n) is 23.7. The van der Waals surface area contributed by atoms with Crippen molar-refractivity contribution in [1.29, 1.82) is 0 Å². The van der Waals surface area contributed by atoms with E-state index in [1.807, 2.05) is 109 Å². The number of aryl methyl sites for hydroxylation is 2. The fourth-order valence-electron chi connectivity index (χ4n) is 10.6. The minimum Gasteiger partial charge on any atom is -0.356 e. The van der Waals surface area contributed by atoms with Crippen molar-refractivity contribution in [3.05, 3.63) is 233 Å². The molecule has 0 aliphatic carbocycles. The summed E-state index contributed by atoms with van der Waals surface area (Å²) in [6.07, 6.45) is 7.33. The summed E-state index contributed by atoms with van der Waals surface area (Å²) in [6.45, 7) is 6.17. The van der Waals surface area contributed by atoms with Gasteiger partial charge < -0.3 is 20.1 Å². The number of hydrogen-bond acceptors (Lipinski definition) is 8. The molecule has 0 radical (unpaired) electrons. The molecule has 4 aliphatic heterocycles. The van der Waals surface area contributed by atoms with E-state index in [-0.39, 0.29) is 36.2 Å². The summed E-state index contributed by atoms with van der Waals surface area (Å²) in [5, 5.41) is 32.4. The van der Waals surface area contributed by atoms with Gasteiger partial charge in [-0.3, -0.25) is 29.2 Å². The molecule has 6 aromatic carbocycles. The Morgan fingerprint density at radius 1 is 0.528 bits per heavy atom. The van der Waals surface area contributed by atoms with Crippen LogP contribution in [0.2, 0.25) is 10.0 Å². The second-order valence-electron chi connectivity index (χ2n) is 18.9. The van der Waals surface area contributed by atoms with Gasteiger partial charge in [0, 0.05) is 44.3 Å². The Morgan fingerprint density at radius 2 is 0.931 bits per heavy atom. The number of aromatic nitrogens is 8. The minimum absolute atomic E-state index is 0.0841. The molecule has 14 rings (SSSR count). The normalized spacial score (nSPS) is 17.4. The maximum absolute atomic E-state index is 13.0. The van der Waals surface area contributed by atoms with E-state index in [1.165, 1.54) is 33.4 Å². The molecule has 4 aliphatic rings. The van der Waals surface area contributed by atoms with Gasteiger partial charge in [-0.2, -0.15) is 20.4 Å². The molecule has 4 unspecified atom stereocenters. The molecular formula is C56H44Cl2N10O4. The lowest BCUT2D eigenvalue weighted by atomic mass is 9.84. The summed E-state index contributed by atoms with van der Waals surface area (Å²) in [5.41, 5.74) is 18.3. The lowest BCUT2D eigenvalue weighted by molar-refractivity contribution is 0.0855. The number of halogens is 2. The number of benzene rings is 6. The molecule has 0 saturated carbocycles. The Morgan fingerprint density at radius 3 is 1.36 bits per heavy atom. The van der Waals surface area contributed by atoms with Gasteiger partial charge >= 0.3 is 0 Å². The molecule has 4 atom stereocenters. The molecule has 4 N–H and O–H groups in total. The van der Waals surface area contributed by atoms with E-state index in [2.05, 4.69) is 77.6 Å². The molecule has 356 valence electrons. The van der Waals surface area contributed by atoms with Crippen molar-refractivity contribution >= 4 is 56.8 Å². The highest BCUT2D eigenvalue weighted by Crippen LogP contribution is 2.55. The van der Waals surface area contributed by atoms with Crippen molar-refractivity contribution in [3.8, 4) is 0 Å². The number of carbonyl (C=O) groups excluding carboxylic acids is 2. The van der Waals surface area contributed by atoms with Gasteiger partial charge in [0.15, 0.2) is 0 Å². The average molecular weight is 992 g/mol. The molecule has 2 amide bonds. The van der Waals surface area contributed by atoms with Crippen molar-refractivity contribution in [2.75, 3.05) is 0 Å². The number of aromatic amines is 2. The lowest BCUT2D eigenvalue weighted by Gasteiger charge is -2.18. The first kappa shape index (κ1) is 44.1. The molecule has 10 aromatic rings. The van der Waals surface area contributed by atoms with Crippen molar-refractivity contribution in [1.82, 2.24) is 50.6 Å². The van der Waals surface area contributed by atoms with Crippen LogP contribution >= 0.6 is 23.2 Å². The lowest BCUT2D eigenvalue weighted by Crippen LogP contribution is -2.23. The van der Waals surface area contributed by atoms with Gasteiger partial charge in [-0.05, 0) is 141 Å². The van der Waals surface area contributed by atoms with Gasteiger partial charge in [-0.15, -0.1) is 0 Å². The summed E-state index contributed by atoms with van der Waals surface area (Å²) in [4.78, 5) is 26.0. The fourth-order valence-corrected chi connectivity index (χ4v) is 11.0. The maximum atomic E-state index is 13.0. The zero-order chi connectivity index (χ0) is 48.8. The van der Waals surface area contributed by atoms with Gasteiger partial charge in [0.25, 0.3) is 11.8 Å². The van der Waals surface area contributed by atoms with Gasteiger partial charge in [-0.1, -0.05) is 71.7 Å². The molecule has 16 heteroatoms. The van der Waals surface area contributed by atoms with Crippen LogP contribution in [0, 0.1) is 13.8 Å². The van der Waals surface area contributed by atoms with Crippen LogP contribution in [0.15, 0.2) is 134 Å². The highest BCUT2D eigenvalue weighted by Gasteiger charge is 2.44. The van der Waals surface area contributed by atoms with Gasteiger partial charge in [0.05, 0.1) is 61.0 Å². The summed E-state index contributed by atoms with van der Waals surface area (Å²) in [5.74, 6) is -0.288. The Hall–Kier alpha value is -7.88. The van der Waals surface area contributed by atoms with Crippen LogP contribution in [-0.4, -0.2) is 51.8 Å². The molecule has 14 nitrogen and oxygen atoms in total. The number of rotatable bonds is 10. The number of nitrogens with zero attached hydrogens (tertiary/aromatic N) is 6. The van der Waals surface area contributed by atoms with Crippen molar-refractivity contribution < 1.29 is 19.1 Å². The molecule has 0 fully saturated rings. The van der Waals surface area contributed by atoms with E-state index in [1.54, 1.807) is 12.1 Å². The van der Waals surface area contributed by atoms with Crippen LogP contribution in [0.25, 0.3) is 21.8 Å². The second kappa shape index (κ2) is 17.5. The number of carbonyl (C=O) groups is 2. The molecule has 4 aromatic heterocycles. The summed E-state index contributed by atoms with van der Waals surface area (Å²) in [7, 11) is 0. The van der Waals surface area contributed by atoms with E-state index >= 15 is 0 Å². The molecule has 0 saturated heterocycles. The summed E-state index contributed by atoms with van der Waals surface area (Å²) in [6, 6.07) is 35.7. The number of amides is 2. The fraction of sp³-hybridized carbons (Fsp3) is 0.179. The maximum Gasteiger partial charge on any atom is 0.251 e. The van der Waals surface area contributed by atoms with E-state index < -0.39 is 0 Å². The number of fused-ring (bicyclic) bond motifs is 18. The van der Waals surface area contributed by atoms with Crippen LogP contribution < -0.4 is 10.6 Å². The molecule has 0 spiro atoms. The standard InChI is InChI=1S/2C28H22ClN5O2/c1-15-11-31-34(13-15)14-16-2-5-19-21(8-16)26-20-6-3-17(9-22(20)27(19)36-26)28(35)30-12-25-23-10-18(29)4-7-24(23)32-33-25;1-15-11-31-34(13-15)14-16-2-5-19-21(8-16)27-22-9-17(3-6-20(22)26(19)36-27)28(35)30-12-25-23-10-18(29)4-7-24(23)32-33-25/h2*2-11,13,26-27H,12,14H2,1H3,(H,30,35)(H,32,33). The predicted molar refractivity (Wildman–Crippen MR) is 272 cm³/mol. The smallest absolute Gasteiger partial charge is 0.251 e. The average Bonchev–Trinajstić information content (AvgIpc) is 4.28. The topological polar surface area (TPSA) is 170 Å². The Bertz CT molecular complexity index is 3830. The zero-order valence-electron chi connectivity index (χ0n) is 38.9. The minimum atomic E-state index is -0.161. The molecule has 4 bridgehead atoms. The first-order valence-corrected chi connectivity index (χ1v) is 24.5. The van der Waals surface area contributed by atoms with E-state index in [0.29, 0.717) is 40.8 Å². The van der Waals surface area contributed by atoms with Gasteiger partial charge in [-0.25, -0.2) is 0 Å². The molecule has 8 heterocycles. The van der Waals surface area contributed by atoms with Gasteiger partial charge in [0.1, 0.15) is 24.4 Å². The number of ether oxygens (including phenoxy) is 2. The number of H-pyrrole nitrogens is 2. The van der Waals surface area contributed by atoms with E-state index in [0.717, 1.165) is 73.1 Å². The predicted octanol–water partition coefficient (Wildman–Crippen LogP) is 10.4. The monoisotopic (exact) mass is 990 g/mol. The van der Waals surface area contributed by atoms with Crippen LogP contribution in [0.3, 0.4) is 0 Å². The third-order valence-electron chi connectivity index (χ3n) is 14.1. The third kappa shape index (κ3) is 7.83. The number of nitrogens with one attached hydrogen (secondary N) is 4. The molecular weight excluding hydrogens is 948 g/mol. The van der Waals surface area contributed by atoms with Crippen LogP contribution in [0.4, 0.5) is 0 Å². The van der Waals surface area contributed by atoms with Crippen LogP contribution in [-0.2, 0) is 35.7 Å². The largest absolute Gasteiger partial charge is 0.356 e. The van der Waals surface area contributed by atoms with Crippen molar-refractivity contribution in [3.63, 3.8) is 0 Å². The molecule has 72 heavy (non-hydrogen) atoms. The zero-order valence-corrected chi connectivity index (χ0v) is 40.4. The SMILES string of the molecule is Cc1cnn(Cc2ccc3c(c2)C2OC3c3cc(C(=O)NCc4[nH]nc5ccc(Cl)cc45)ccc32)c1.Cc1cnn(Cc2ccc3c(c2)C2OC3c3ccc(C(=O)NCc4[nH]nc5ccc(Cl)cc45)cc32)c1. The summed E-state index contributed by atoms with van der Waals surface area (Å²) < 4.78 is 16.6. The van der Waals surface area contributed by atoms with Crippen LogP contribution in [0.5, 0.6) is 0 Å². The Labute approximate surface area is 422 Å². The Kier molecular flexibility index (Phi) is 10.7. The summed E-state index contributed by atoms with van der Waals surface area (Å²) >= 11 is 12.3. The van der Waals surface area contributed by atoms with E-state index in [9.17, 15) is 9.59 Å². The Balaban J connectivity index is 0.000000140. The van der Waals surface area contributed by atoms with Crippen molar-refractivity contribution in [2.45, 2.75) is 64.4 Å². The van der Waals surface area contributed by atoms with Gasteiger partial charge in [0.2, 0.25) is 0 Å². The van der Waals surface area contributed by atoms with Crippen molar-refractivity contribution in [2.24, 2.45) is 0 Å². The second-order valence-corrected chi connectivity index (χ2v) is 19.8. The third-order valence-corrected chi connectivity index (χ3v) is 14.5. The quantitative estimate of drug-likeness (QED) is 0.105.